The predicted octanol–water partition coefficient (Wildman–Crippen LogP) is 1.59. The number of rotatable bonds is 2. The van der Waals surface area contributed by atoms with Crippen LogP contribution in [-0.4, -0.2) is 31.6 Å². The number of carbonyl (C=O) groups is 2. The van der Waals surface area contributed by atoms with E-state index in [9.17, 15) is 9.59 Å². The monoisotopic (exact) mass is 275 g/mol. The standard InChI is InChI=1S/C15H21N3O2/c1-10-6-7-13-12(9-10)5-4-8-18(13)11(2)14(19)17-15(20)16-3/h6-7,9,11H,4-5,8H2,1-3H3,(H2,16,17,19,20)/t11-/m1/s1. The number of nitrogens with zero attached hydrogens (tertiary/aromatic N) is 1. The Labute approximate surface area is 119 Å². The van der Waals surface area contributed by atoms with Gasteiger partial charge in [0.1, 0.15) is 6.04 Å². The summed E-state index contributed by atoms with van der Waals surface area (Å²) in [6, 6.07) is 5.45. The number of amides is 3. The van der Waals surface area contributed by atoms with E-state index in [1.807, 2.05) is 6.92 Å². The summed E-state index contributed by atoms with van der Waals surface area (Å²) >= 11 is 0. The van der Waals surface area contributed by atoms with Gasteiger partial charge in [0.05, 0.1) is 0 Å². The molecule has 2 N–H and O–H groups in total. The molecule has 1 aliphatic heterocycles. The van der Waals surface area contributed by atoms with Gasteiger partial charge in [0.2, 0.25) is 5.91 Å². The molecule has 0 unspecified atom stereocenters. The Kier molecular flexibility index (Phi) is 4.27. The Hall–Kier alpha value is -2.04. The first-order valence-electron chi connectivity index (χ1n) is 6.91. The maximum absolute atomic E-state index is 12.1. The van der Waals surface area contributed by atoms with Crippen LogP contribution in [0.1, 0.15) is 24.5 Å². The average Bonchev–Trinajstić information content (AvgIpc) is 2.45. The van der Waals surface area contributed by atoms with E-state index in [4.69, 9.17) is 0 Å². The number of aryl methyl sites for hydroxylation is 2. The van der Waals surface area contributed by atoms with Crippen LogP contribution in [0.5, 0.6) is 0 Å². The number of urea groups is 1. The molecule has 0 saturated heterocycles. The SMILES string of the molecule is CNC(=O)NC(=O)[C@@H](C)N1CCCc2cc(C)ccc21. The van der Waals surface area contributed by atoms with Crippen LogP contribution in [0.3, 0.4) is 0 Å². The average molecular weight is 275 g/mol. The Morgan fingerprint density at radius 3 is 2.80 bits per heavy atom. The summed E-state index contributed by atoms with van der Waals surface area (Å²) in [5.41, 5.74) is 3.60. The lowest BCUT2D eigenvalue weighted by atomic mass is 9.98. The number of benzene rings is 1. The van der Waals surface area contributed by atoms with Crippen molar-refractivity contribution >= 4 is 17.6 Å². The first-order chi connectivity index (χ1) is 9.52. The van der Waals surface area contributed by atoms with Crippen LogP contribution in [0.15, 0.2) is 18.2 Å². The fourth-order valence-electron chi connectivity index (χ4n) is 2.58. The molecule has 0 saturated carbocycles. The van der Waals surface area contributed by atoms with Crippen molar-refractivity contribution < 1.29 is 9.59 Å². The second-order valence-corrected chi connectivity index (χ2v) is 5.17. The molecule has 1 aromatic rings. The van der Waals surface area contributed by atoms with Crippen molar-refractivity contribution in [2.45, 2.75) is 32.7 Å². The van der Waals surface area contributed by atoms with Gasteiger partial charge in [-0.3, -0.25) is 10.1 Å². The Morgan fingerprint density at radius 1 is 1.35 bits per heavy atom. The summed E-state index contributed by atoms with van der Waals surface area (Å²) in [6.45, 7) is 4.73. The highest BCUT2D eigenvalue weighted by Crippen LogP contribution is 2.29. The first kappa shape index (κ1) is 14.4. The number of hydrogen-bond acceptors (Lipinski definition) is 3. The molecule has 0 aliphatic carbocycles. The van der Waals surface area contributed by atoms with Crippen molar-refractivity contribution in [2.24, 2.45) is 0 Å². The second kappa shape index (κ2) is 5.94. The largest absolute Gasteiger partial charge is 0.360 e. The van der Waals surface area contributed by atoms with Crippen molar-refractivity contribution in [1.29, 1.82) is 0 Å². The molecule has 0 spiro atoms. The number of fused-ring (bicyclic) bond motifs is 1. The van der Waals surface area contributed by atoms with E-state index >= 15 is 0 Å². The molecule has 5 heteroatoms. The van der Waals surface area contributed by atoms with E-state index in [2.05, 4.69) is 40.7 Å². The Bertz CT molecular complexity index is 528. The zero-order chi connectivity index (χ0) is 14.7. The quantitative estimate of drug-likeness (QED) is 0.861. The number of anilines is 1. The van der Waals surface area contributed by atoms with Crippen LogP contribution in [0.25, 0.3) is 0 Å². The van der Waals surface area contributed by atoms with Crippen molar-refractivity contribution in [1.82, 2.24) is 10.6 Å². The van der Waals surface area contributed by atoms with Gasteiger partial charge in [-0.2, -0.15) is 0 Å². The third-order valence-electron chi connectivity index (χ3n) is 3.70. The molecule has 1 atom stereocenters. The lowest BCUT2D eigenvalue weighted by molar-refractivity contribution is -0.121. The number of carbonyl (C=O) groups excluding carboxylic acids is 2. The molecule has 20 heavy (non-hydrogen) atoms. The van der Waals surface area contributed by atoms with Gasteiger partial charge in [-0.25, -0.2) is 4.79 Å². The zero-order valence-electron chi connectivity index (χ0n) is 12.2. The normalized spacial score (nSPS) is 15.2. The third-order valence-corrected chi connectivity index (χ3v) is 3.70. The zero-order valence-corrected chi connectivity index (χ0v) is 12.2. The first-order valence-corrected chi connectivity index (χ1v) is 6.91. The van der Waals surface area contributed by atoms with Crippen LogP contribution in [-0.2, 0) is 11.2 Å². The van der Waals surface area contributed by atoms with Gasteiger partial charge >= 0.3 is 6.03 Å². The maximum Gasteiger partial charge on any atom is 0.321 e. The molecule has 1 aromatic carbocycles. The summed E-state index contributed by atoms with van der Waals surface area (Å²) in [4.78, 5) is 25.4. The number of nitrogens with one attached hydrogen (secondary N) is 2. The minimum Gasteiger partial charge on any atom is -0.360 e. The summed E-state index contributed by atoms with van der Waals surface area (Å²) < 4.78 is 0. The van der Waals surface area contributed by atoms with E-state index in [0.29, 0.717) is 0 Å². The number of imide groups is 1. The molecule has 5 nitrogen and oxygen atoms in total. The van der Waals surface area contributed by atoms with Crippen LogP contribution < -0.4 is 15.5 Å². The summed E-state index contributed by atoms with van der Waals surface area (Å²) in [6.07, 6.45) is 2.06. The summed E-state index contributed by atoms with van der Waals surface area (Å²) in [5.74, 6) is -0.280. The van der Waals surface area contributed by atoms with Gasteiger partial charge in [0.25, 0.3) is 0 Å². The lowest BCUT2D eigenvalue weighted by Gasteiger charge is -2.35. The van der Waals surface area contributed by atoms with E-state index in [1.54, 1.807) is 0 Å². The third kappa shape index (κ3) is 2.92. The maximum atomic E-state index is 12.1. The van der Waals surface area contributed by atoms with Gasteiger partial charge in [0, 0.05) is 19.3 Å². The molecule has 0 aromatic heterocycles. The van der Waals surface area contributed by atoms with Crippen LogP contribution >= 0.6 is 0 Å². The fourth-order valence-corrected chi connectivity index (χ4v) is 2.58. The molecule has 0 fully saturated rings. The van der Waals surface area contributed by atoms with E-state index < -0.39 is 6.03 Å². The molecule has 0 bridgehead atoms. The van der Waals surface area contributed by atoms with E-state index in [1.165, 1.54) is 18.2 Å². The molecular formula is C15H21N3O2. The summed E-state index contributed by atoms with van der Waals surface area (Å²) in [5, 5.41) is 4.73. The van der Waals surface area contributed by atoms with Gasteiger partial charge in [-0.1, -0.05) is 17.7 Å². The molecule has 1 heterocycles. The Morgan fingerprint density at radius 2 is 2.10 bits per heavy atom. The minimum atomic E-state index is -0.469. The van der Waals surface area contributed by atoms with Gasteiger partial charge < -0.3 is 10.2 Å². The van der Waals surface area contributed by atoms with Crippen LogP contribution in [0.4, 0.5) is 10.5 Å². The van der Waals surface area contributed by atoms with Crippen molar-refractivity contribution in [3.63, 3.8) is 0 Å². The molecule has 1 aliphatic rings. The van der Waals surface area contributed by atoms with E-state index in [0.717, 1.165) is 25.1 Å². The van der Waals surface area contributed by atoms with Crippen molar-refractivity contribution in [3.8, 4) is 0 Å². The number of hydrogen-bond donors (Lipinski definition) is 2. The second-order valence-electron chi connectivity index (χ2n) is 5.17. The van der Waals surface area contributed by atoms with Crippen LogP contribution in [0, 0.1) is 6.92 Å². The fraction of sp³-hybridized carbons (Fsp3) is 0.467. The highest BCUT2D eigenvalue weighted by molar-refractivity contribution is 5.98. The minimum absolute atomic E-state index is 0.280. The predicted molar refractivity (Wildman–Crippen MR) is 78.9 cm³/mol. The van der Waals surface area contributed by atoms with Crippen LogP contribution in [0.2, 0.25) is 0 Å². The highest BCUT2D eigenvalue weighted by Gasteiger charge is 2.26. The molecule has 0 radical (unpaired) electrons. The molecule has 108 valence electrons. The lowest BCUT2D eigenvalue weighted by Crippen LogP contribution is -2.50. The van der Waals surface area contributed by atoms with Crippen molar-refractivity contribution in [3.05, 3.63) is 29.3 Å². The topological polar surface area (TPSA) is 61.4 Å². The molecule has 3 amide bonds. The Balaban J connectivity index is 2.18. The highest BCUT2D eigenvalue weighted by atomic mass is 16.2. The smallest absolute Gasteiger partial charge is 0.321 e. The van der Waals surface area contributed by atoms with Gasteiger partial charge in [-0.05, 0) is 38.3 Å². The van der Waals surface area contributed by atoms with Gasteiger partial charge in [-0.15, -0.1) is 0 Å². The summed E-state index contributed by atoms with van der Waals surface area (Å²) in [7, 11) is 1.49. The molecular weight excluding hydrogens is 254 g/mol. The van der Waals surface area contributed by atoms with E-state index in [-0.39, 0.29) is 11.9 Å². The van der Waals surface area contributed by atoms with Gasteiger partial charge in [0.15, 0.2) is 0 Å². The van der Waals surface area contributed by atoms with Crippen molar-refractivity contribution in [2.75, 3.05) is 18.5 Å². The molecule has 2 rings (SSSR count).